The summed E-state index contributed by atoms with van der Waals surface area (Å²) >= 11 is 0. The molecule has 0 spiro atoms. The molecule has 0 bridgehead atoms. The SMILES string of the molecule is CCCCC(=O)Oc1ccc([C@H]2CC[C@H]([C@H]3CC[C@H](CCC)CC3)CC2)cc1. The van der Waals surface area contributed by atoms with E-state index in [1.165, 1.54) is 69.8 Å². The molecule has 0 atom stereocenters. The maximum absolute atomic E-state index is 11.8. The maximum atomic E-state index is 11.8. The molecule has 3 rings (SSSR count). The first-order valence-electron chi connectivity index (χ1n) is 12.0. The predicted molar refractivity (Wildman–Crippen MR) is 117 cm³/mol. The van der Waals surface area contributed by atoms with Gasteiger partial charge in [-0.3, -0.25) is 4.79 Å². The molecule has 0 unspecified atom stereocenters. The van der Waals surface area contributed by atoms with E-state index in [9.17, 15) is 4.79 Å². The fraction of sp³-hybridized carbons (Fsp3) is 0.731. The molecule has 2 saturated carbocycles. The van der Waals surface area contributed by atoms with E-state index < -0.39 is 0 Å². The molecule has 1 aromatic rings. The fourth-order valence-electron chi connectivity index (χ4n) is 5.59. The van der Waals surface area contributed by atoms with Crippen LogP contribution in [0.5, 0.6) is 5.75 Å². The summed E-state index contributed by atoms with van der Waals surface area (Å²) in [4.78, 5) is 11.8. The van der Waals surface area contributed by atoms with Crippen molar-refractivity contribution in [2.45, 2.75) is 103 Å². The van der Waals surface area contributed by atoms with E-state index in [0.29, 0.717) is 18.1 Å². The minimum atomic E-state index is -0.108. The van der Waals surface area contributed by atoms with Gasteiger partial charge in [0.15, 0.2) is 0 Å². The second-order valence-electron chi connectivity index (χ2n) is 9.33. The van der Waals surface area contributed by atoms with Gasteiger partial charge in [-0.15, -0.1) is 0 Å². The highest BCUT2D eigenvalue weighted by Gasteiger charge is 2.31. The highest BCUT2D eigenvalue weighted by Crippen LogP contribution is 2.44. The van der Waals surface area contributed by atoms with Crippen LogP contribution in [0, 0.1) is 17.8 Å². The van der Waals surface area contributed by atoms with Gasteiger partial charge < -0.3 is 4.74 Å². The molecule has 28 heavy (non-hydrogen) atoms. The monoisotopic (exact) mass is 384 g/mol. The zero-order valence-electron chi connectivity index (χ0n) is 18.1. The Bertz CT molecular complexity index is 575. The van der Waals surface area contributed by atoms with Crippen molar-refractivity contribution in [3.05, 3.63) is 29.8 Å². The average Bonchev–Trinajstić information content (AvgIpc) is 2.74. The van der Waals surface area contributed by atoms with Gasteiger partial charge in [0.05, 0.1) is 0 Å². The normalized spacial score (nSPS) is 28.1. The lowest BCUT2D eigenvalue weighted by molar-refractivity contribution is -0.134. The quantitative estimate of drug-likeness (QED) is 0.339. The number of hydrogen-bond acceptors (Lipinski definition) is 2. The first kappa shape index (κ1) is 21.4. The Morgan fingerprint density at radius 1 is 0.857 bits per heavy atom. The number of esters is 1. The first-order chi connectivity index (χ1) is 13.7. The van der Waals surface area contributed by atoms with Crippen molar-refractivity contribution < 1.29 is 9.53 Å². The molecular weight excluding hydrogens is 344 g/mol. The van der Waals surface area contributed by atoms with Crippen molar-refractivity contribution >= 4 is 5.97 Å². The van der Waals surface area contributed by atoms with Crippen LogP contribution in [-0.4, -0.2) is 5.97 Å². The number of unbranched alkanes of at least 4 members (excludes halogenated alkanes) is 1. The lowest BCUT2D eigenvalue weighted by atomic mass is 9.68. The summed E-state index contributed by atoms with van der Waals surface area (Å²) in [6.45, 7) is 4.42. The van der Waals surface area contributed by atoms with Crippen LogP contribution in [0.2, 0.25) is 0 Å². The molecule has 0 radical (unpaired) electrons. The lowest BCUT2D eigenvalue weighted by Crippen LogP contribution is -2.25. The molecule has 0 heterocycles. The number of ether oxygens (including phenoxy) is 1. The summed E-state index contributed by atoms with van der Waals surface area (Å²) in [5, 5.41) is 0. The third-order valence-corrected chi connectivity index (χ3v) is 7.34. The van der Waals surface area contributed by atoms with E-state index in [2.05, 4.69) is 26.0 Å². The standard InChI is InChI=1S/C26H40O2/c1-3-5-7-26(27)28-25-18-16-24(17-19-25)23-14-12-22(13-15-23)21-10-8-20(6-4-2)9-11-21/h16-23H,3-15H2,1-2H3/t20-,21-,22-,23-. The average molecular weight is 385 g/mol. The number of benzene rings is 1. The molecule has 0 saturated heterocycles. The van der Waals surface area contributed by atoms with Gasteiger partial charge in [0, 0.05) is 6.42 Å². The zero-order chi connectivity index (χ0) is 19.8. The molecule has 0 aliphatic heterocycles. The Hall–Kier alpha value is -1.31. The maximum Gasteiger partial charge on any atom is 0.311 e. The van der Waals surface area contributed by atoms with Crippen molar-refractivity contribution in [2.75, 3.05) is 0 Å². The van der Waals surface area contributed by atoms with E-state index >= 15 is 0 Å². The van der Waals surface area contributed by atoms with E-state index in [-0.39, 0.29) is 5.97 Å². The van der Waals surface area contributed by atoms with Crippen molar-refractivity contribution in [1.82, 2.24) is 0 Å². The third kappa shape index (κ3) is 6.09. The lowest BCUT2D eigenvalue weighted by Gasteiger charge is -2.38. The summed E-state index contributed by atoms with van der Waals surface area (Å²) in [6, 6.07) is 8.34. The molecular formula is C26H40O2. The molecule has 1 aromatic carbocycles. The highest BCUT2D eigenvalue weighted by molar-refractivity contribution is 5.72. The largest absolute Gasteiger partial charge is 0.427 e. The van der Waals surface area contributed by atoms with Crippen LogP contribution in [-0.2, 0) is 4.79 Å². The highest BCUT2D eigenvalue weighted by atomic mass is 16.5. The summed E-state index contributed by atoms with van der Waals surface area (Å²) in [6.07, 6.45) is 16.7. The smallest absolute Gasteiger partial charge is 0.311 e. The molecule has 2 heteroatoms. The minimum Gasteiger partial charge on any atom is -0.427 e. The Labute approximate surface area is 172 Å². The summed E-state index contributed by atoms with van der Waals surface area (Å²) in [5.41, 5.74) is 1.43. The number of hydrogen-bond donors (Lipinski definition) is 0. The second kappa shape index (κ2) is 11.0. The van der Waals surface area contributed by atoms with Crippen molar-refractivity contribution in [3.63, 3.8) is 0 Å². The minimum absolute atomic E-state index is 0.108. The van der Waals surface area contributed by atoms with Crippen LogP contribution in [0.15, 0.2) is 24.3 Å². The molecule has 0 amide bonds. The Morgan fingerprint density at radius 3 is 2.04 bits per heavy atom. The van der Waals surface area contributed by atoms with Gasteiger partial charge in [0.1, 0.15) is 5.75 Å². The molecule has 2 aliphatic carbocycles. The Kier molecular flexibility index (Phi) is 8.43. The molecule has 2 aliphatic rings. The summed E-state index contributed by atoms with van der Waals surface area (Å²) < 4.78 is 5.44. The number of carbonyl (C=O) groups is 1. The van der Waals surface area contributed by atoms with Gasteiger partial charge in [0.2, 0.25) is 0 Å². The van der Waals surface area contributed by atoms with Crippen LogP contribution in [0.4, 0.5) is 0 Å². The van der Waals surface area contributed by atoms with E-state index in [0.717, 1.165) is 30.6 Å². The topological polar surface area (TPSA) is 26.3 Å². The second-order valence-corrected chi connectivity index (χ2v) is 9.33. The molecule has 2 nitrogen and oxygen atoms in total. The van der Waals surface area contributed by atoms with Gasteiger partial charge in [-0.1, -0.05) is 58.1 Å². The Balaban J connectivity index is 1.43. The van der Waals surface area contributed by atoms with Gasteiger partial charge >= 0.3 is 5.97 Å². The van der Waals surface area contributed by atoms with Gasteiger partial charge in [0.25, 0.3) is 0 Å². The van der Waals surface area contributed by atoms with Crippen LogP contribution >= 0.6 is 0 Å². The van der Waals surface area contributed by atoms with Crippen molar-refractivity contribution in [3.8, 4) is 5.75 Å². The van der Waals surface area contributed by atoms with Crippen molar-refractivity contribution in [1.29, 1.82) is 0 Å². The van der Waals surface area contributed by atoms with Crippen molar-refractivity contribution in [2.24, 2.45) is 17.8 Å². The first-order valence-corrected chi connectivity index (χ1v) is 12.0. The third-order valence-electron chi connectivity index (χ3n) is 7.34. The zero-order valence-corrected chi connectivity index (χ0v) is 18.1. The molecule has 0 N–H and O–H groups in total. The summed E-state index contributed by atoms with van der Waals surface area (Å²) in [7, 11) is 0. The van der Waals surface area contributed by atoms with E-state index in [1.807, 2.05) is 12.1 Å². The van der Waals surface area contributed by atoms with Crippen LogP contribution in [0.1, 0.15) is 109 Å². The van der Waals surface area contributed by atoms with Gasteiger partial charge in [-0.05, 0) is 86.3 Å². The van der Waals surface area contributed by atoms with Gasteiger partial charge in [-0.2, -0.15) is 0 Å². The van der Waals surface area contributed by atoms with Crippen LogP contribution in [0.3, 0.4) is 0 Å². The van der Waals surface area contributed by atoms with E-state index in [1.54, 1.807) is 0 Å². The number of rotatable bonds is 8. The molecule has 0 aromatic heterocycles. The Morgan fingerprint density at radius 2 is 1.46 bits per heavy atom. The van der Waals surface area contributed by atoms with Gasteiger partial charge in [-0.25, -0.2) is 0 Å². The molecule has 156 valence electrons. The molecule has 2 fully saturated rings. The predicted octanol–water partition coefficient (Wildman–Crippen LogP) is 7.66. The summed E-state index contributed by atoms with van der Waals surface area (Å²) in [5.74, 6) is 4.27. The van der Waals surface area contributed by atoms with Crippen LogP contribution in [0.25, 0.3) is 0 Å². The number of carbonyl (C=O) groups excluding carboxylic acids is 1. The fourth-order valence-corrected chi connectivity index (χ4v) is 5.59. The van der Waals surface area contributed by atoms with Crippen LogP contribution < -0.4 is 4.74 Å². The van der Waals surface area contributed by atoms with E-state index in [4.69, 9.17) is 4.74 Å².